The highest BCUT2D eigenvalue weighted by atomic mass is 19.1. The van der Waals surface area contributed by atoms with Crippen molar-refractivity contribution in [2.24, 2.45) is 5.73 Å². The van der Waals surface area contributed by atoms with Crippen molar-refractivity contribution in [3.8, 4) is 0 Å². The van der Waals surface area contributed by atoms with Crippen LogP contribution in [0.5, 0.6) is 0 Å². The minimum Gasteiger partial charge on any atom is -0.322 e. The van der Waals surface area contributed by atoms with Gasteiger partial charge in [0.25, 0.3) is 0 Å². The largest absolute Gasteiger partial charge is 0.322 e. The zero-order valence-corrected chi connectivity index (χ0v) is 6.02. The minimum absolute atomic E-state index is 0.197. The molecule has 1 nitrogen and oxygen atoms in total. The monoisotopic (exact) mass is 131 g/mol. The lowest BCUT2D eigenvalue weighted by Gasteiger charge is -1.98. The Hall–Kier alpha value is -0.370. The van der Waals surface area contributed by atoms with Gasteiger partial charge in [0, 0.05) is 0 Å². The van der Waals surface area contributed by atoms with Gasteiger partial charge in [-0.2, -0.15) is 0 Å². The predicted molar refractivity (Wildman–Crippen MR) is 37.7 cm³/mol. The average molecular weight is 131 g/mol. The number of rotatable bonds is 3. The summed E-state index contributed by atoms with van der Waals surface area (Å²) in [6.07, 6.45) is 3.30. The molecule has 0 bridgehead atoms. The van der Waals surface area contributed by atoms with Gasteiger partial charge in [-0.3, -0.25) is 0 Å². The number of nitrogens with two attached hydrogens (primary N) is 1. The van der Waals surface area contributed by atoms with Gasteiger partial charge in [-0.15, -0.1) is 0 Å². The SMILES string of the molecule is CCC/C=C(/F)[C@H](C)N. The van der Waals surface area contributed by atoms with Gasteiger partial charge >= 0.3 is 0 Å². The molecule has 9 heavy (non-hydrogen) atoms. The topological polar surface area (TPSA) is 26.0 Å². The molecule has 0 aliphatic heterocycles. The molecule has 0 aromatic carbocycles. The lowest BCUT2D eigenvalue weighted by Crippen LogP contribution is -2.14. The van der Waals surface area contributed by atoms with E-state index in [1.54, 1.807) is 13.0 Å². The molecule has 0 saturated heterocycles. The molecule has 0 aromatic heterocycles. The maximum absolute atomic E-state index is 12.4. The van der Waals surface area contributed by atoms with Crippen molar-refractivity contribution in [1.82, 2.24) is 0 Å². The van der Waals surface area contributed by atoms with E-state index >= 15 is 0 Å². The van der Waals surface area contributed by atoms with Gasteiger partial charge in [0.15, 0.2) is 0 Å². The molecule has 1 atom stereocenters. The van der Waals surface area contributed by atoms with Crippen LogP contribution < -0.4 is 5.73 Å². The summed E-state index contributed by atoms with van der Waals surface area (Å²) < 4.78 is 12.4. The second kappa shape index (κ2) is 4.50. The fourth-order valence-corrected chi connectivity index (χ4v) is 0.468. The normalized spacial score (nSPS) is 15.8. The standard InChI is InChI=1S/C7H14FN/c1-3-4-5-7(8)6(2)9/h5-6H,3-4,9H2,1-2H3/b7-5+/t6-/m0/s1. The first kappa shape index (κ1) is 8.63. The number of hydrogen-bond acceptors (Lipinski definition) is 1. The number of hydrogen-bond donors (Lipinski definition) is 1. The van der Waals surface area contributed by atoms with E-state index in [9.17, 15) is 4.39 Å². The van der Waals surface area contributed by atoms with E-state index in [2.05, 4.69) is 0 Å². The molecule has 0 unspecified atom stereocenters. The Balaban J connectivity index is 3.55. The summed E-state index contributed by atoms with van der Waals surface area (Å²) in [4.78, 5) is 0. The van der Waals surface area contributed by atoms with Crippen LogP contribution in [0.2, 0.25) is 0 Å². The predicted octanol–water partition coefficient (Wildman–Crippen LogP) is 1.99. The number of halogens is 1. The molecule has 0 radical (unpaired) electrons. The second-order valence-corrected chi connectivity index (χ2v) is 2.17. The molecule has 0 saturated carbocycles. The molecule has 2 heteroatoms. The summed E-state index contributed by atoms with van der Waals surface area (Å²) >= 11 is 0. The van der Waals surface area contributed by atoms with Crippen LogP contribution in [0.25, 0.3) is 0 Å². The van der Waals surface area contributed by atoms with Gasteiger partial charge in [-0.25, -0.2) is 4.39 Å². The third-order valence-corrected chi connectivity index (χ3v) is 1.06. The van der Waals surface area contributed by atoms with Crippen LogP contribution in [-0.2, 0) is 0 Å². The van der Waals surface area contributed by atoms with Gasteiger partial charge < -0.3 is 5.73 Å². The summed E-state index contributed by atoms with van der Waals surface area (Å²) in [5, 5.41) is 0. The maximum Gasteiger partial charge on any atom is 0.112 e. The molecule has 0 fully saturated rings. The van der Waals surface area contributed by atoms with Gasteiger partial charge in [-0.05, 0) is 13.3 Å². The highest BCUT2D eigenvalue weighted by Crippen LogP contribution is 2.03. The van der Waals surface area contributed by atoms with Crippen LogP contribution in [0.1, 0.15) is 26.7 Å². The Morgan fingerprint density at radius 1 is 1.78 bits per heavy atom. The summed E-state index contributed by atoms with van der Waals surface area (Å²) in [6.45, 7) is 3.65. The lowest BCUT2D eigenvalue weighted by atomic mass is 10.2. The molecule has 0 heterocycles. The third kappa shape index (κ3) is 4.15. The minimum atomic E-state index is -0.434. The molecule has 0 aliphatic carbocycles. The van der Waals surface area contributed by atoms with Crippen molar-refractivity contribution in [1.29, 1.82) is 0 Å². The molecule has 0 rings (SSSR count). The summed E-state index contributed by atoms with van der Waals surface area (Å²) in [5.41, 5.74) is 5.23. The van der Waals surface area contributed by atoms with Crippen LogP contribution in [0.3, 0.4) is 0 Å². The zero-order chi connectivity index (χ0) is 7.28. The first-order chi connectivity index (χ1) is 4.18. The quantitative estimate of drug-likeness (QED) is 0.622. The van der Waals surface area contributed by atoms with Gasteiger partial charge in [0.2, 0.25) is 0 Å². The molecule has 0 amide bonds. The smallest absolute Gasteiger partial charge is 0.112 e. The average Bonchev–Trinajstić information content (AvgIpc) is 1.82. The van der Waals surface area contributed by atoms with Crippen molar-refractivity contribution >= 4 is 0 Å². The van der Waals surface area contributed by atoms with Crippen molar-refractivity contribution in [3.63, 3.8) is 0 Å². The number of allylic oxidation sites excluding steroid dienone is 1. The Morgan fingerprint density at radius 2 is 2.33 bits per heavy atom. The Morgan fingerprint density at radius 3 is 2.67 bits per heavy atom. The molecule has 2 N–H and O–H groups in total. The van der Waals surface area contributed by atoms with Crippen molar-refractivity contribution in [3.05, 3.63) is 11.9 Å². The van der Waals surface area contributed by atoms with E-state index in [0.29, 0.717) is 0 Å². The molecule has 54 valence electrons. The van der Waals surface area contributed by atoms with Crippen molar-refractivity contribution in [2.45, 2.75) is 32.7 Å². The summed E-state index contributed by atoms with van der Waals surface area (Å²) in [6, 6.07) is -0.434. The van der Waals surface area contributed by atoms with Crippen molar-refractivity contribution in [2.75, 3.05) is 0 Å². The Labute approximate surface area is 55.7 Å². The fourth-order valence-electron chi connectivity index (χ4n) is 0.468. The first-order valence-electron chi connectivity index (χ1n) is 3.29. The van der Waals surface area contributed by atoms with E-state index in [0.717, 1.165) is 12.8 Å². The van der Waals surface area contributed by atoms with Crippen LogP contribution >= 0.6 is 0 Å². The van der Waals surface area contributed by atoms with Gasteiger partial charge in [-0.1, -0.05) is 19.4 Å². The van der Waals surface area contributed by atoms with Gasteiger partial charge in [0.1, 0.15) is 5.83 Å². The lowest BCUT2D eigenvalue weighted by molar-refractivity contribution is 0.554. The highest BCUT2D eigenvalue weighted by molar-refractivity contribution is 4.98. The fraction of sp³-hybridized carbons (Fsp3) is 0.714. The second-order valence-electron chi connectivity index (χ2n) is 2.17. The third-order valence-electron chi connectivity index (χ3n) is 1.06. The Bertz CT molecular complexity index is 97.1. The van der Waals surface area contributed by atoms with E-state index in [1.165, 1.54) is 0 Å². The van der Waals surface area contributed by atoms with Crippen LogP contribution in [0.15, 0.2) is 11.9 Å². The van der Waals surface area contributed by atoms with Gasteiger partial charge in [0.05, 0.1) is 6.04 Å². The highest BCUT2D eigenvalue weighted by Gasteiger charge is 1.98. The summed E-state index contributed by atoms with van der Waals surface area (Å²) in [5.74, 6) is -0.197. The molecule has 0 spiro atoms. The van der Waals surface area contributed by atoms with Crippen LogP contribution in [0, 0.1) is 0 Å². The van der Waals surface area contributed by atoms with E-state index < -0.39 is 6.04 Å². The molecule has 0 aromatic rings. The van der Waals surface area contributed by atoms with Crippen LogP contribution in [-0.4, -0.2) is 6.04 Å². The molecular weight excluding hydrogens is 117 g/mol. The molecule has 0 aliphatic rings. The number of unbranched alkanes of at least 4 members (excludes halogenated alkanes) is 1. The molecular formula is C7H14FN. The maximum atomic E-state index is 12.4. The zero-order valence-electron chi connectivity index (χ0n) is 6.02. The van der Waals surface area contributed by atoms with E-state index in [1.807, 2.05) is 6.92 Å². The van der Waals surface area contributed by atoms with Crippen LogP contribution in [0.4, 0.5) is 4.39 Å². The Kier molecular flexibility index (Phi) is 4.32. The summed E-state index contributed by atoms with van der Waals surface area (Å²) in [7, 11) is 0. The van der Waals surface area contributed by atoms with E-state index in [4.69, 9.17) is 5.73 Å². The van der Waals surface area contributed by atoms with E-state index in [-0.39, 0.29) is 5.83 Å². The first-order valence-corrected chi connectivity index (χ1v) is 3.29. The van der Waals surface area contributed by atoms with Crippen molar-refractivity contribution < 1.29 is 4.39 Å².